The van der Waals surface area contributed by atoms with Gasteiger partial charge in [-0.1, -0.05) is 39.8 Å². The van der Waals surface area contributed by atoms with Gasteiger partial charge in [0.2, 0.25) is 0 Å². The number of aliphatic hydroxyl groups excluding tert-OH is 1. The fourth-order valence-corrected chi connectivity index (χ4v) is 4.71. The first-order chi connectivity index (χ1) is 15.5. The highest BCUT2D eigenvalue weighted by Gasteiger charge is 2.29. The molecule has 2 aromatic rings. The predicted molar refractivity (Wildman–Crippen MR) is 134 cm³/mol. The molecule has 0 aliphatic rings. The minimum atomic E-state index is -0.867. The number of methoxy groups -OCH3 is 1. The van der Waals surface area contributed by atoms with E-state index in [1.807, 2.05) is 13.8 Å². The summed E-state index contributed by atoms with van der Waals surface area (Å²) in [5.41, 5.74) is 10.2. The van der Waals surface area contributed by atoms with E-state index in [9.17, 15) is 15.0 Å². The fraction of sp³-hybridized carbons (Fsp3) is 0.667. The van der Waals surface area contributed by atoms with Gasteiger partial charge in [-0.15, -0.1) is 0 Å². The second kappa shape index (κ2) is 12.5. The molecule has 6 nitrogen and oxygen atoms in total. The first-order valence-electron chi connectivity index (χ1n) is 12.3. The maximum Gasteiger partial charge on any atom is 0.306 e. The fourth-order valence-electron chi connectivity index (χ4n) is 4.71. The quantitative estimate of drug-likeness (QED) is 0.357. The van der Waals surface area contributed by atoms with Crippen LogP contribution in [0.4, 0.5) is 0 Å². The Morgan fingerprint density at radius 3 is 2.42 bits per heavy atom. The zero-order valence-corrected chi connectivity index (χ0v) is 21.3. The number of aryl methyl sites for hydroxylation is 2. The number of aliphatic carboxylic acids is 1. The highest BCUT2D eigenvalue weighted by Crippen LogP contribution is 2.28. The molecule has 0 radical (unpaired) electrons. The normalized spacial score (nSPS) is 15.8. The van der Waals surface area contributed by atoms with Crippen molar-refractivity contribution in [3.8, 4) is 0 Å². The van der Waals surface area contributed by atoms with Crippen LogP contribution < -0.4 is 5.73 Å². The molecule has 0 aliphatic heterocycles. The summed E-state index contributed by atoms with van der Waals surface area (Å²) in [7, 11) is 1.73. The molecule has 1 heterocycles. The van der Waals surface area contributed by atoms with Crippen LogP contribution in [0, 0.1) is 30.6 Å². The molecule has 4 N–H and O–H groups in total. The highest BCUT2D eigenvalue weighted by molar-refractivity contribution is 5.84. The third-order valence-corrected chi connectivity index (χ3v) is 7.02. The lowest BCUT2D eigenvalue weighted by Crippen LogP contribution is -2.40. The Kier molecular flexibility index (Phi) is 10.4. The molecule has 4 atom stereocenters. The van der Waals surface area contributed by atoms with Crippen molar-refractivity contribution in [2.45, 2.75) is 79.0 Å². The Labute approximate surface area is 199 Å². The molecule has 0 unspecified atom stereocenters. The van der Waals surface area contributed by atoms with Crippen LogP contribution in [0.5, 0.6) is 0 Å². The average Bonchev–Trinajstić information content (AvgIpc) is 3.05. The van der Waals surface area contributed by atoms with Crippen LogP contribution in [-0.4, -0.2) is 46.6 Å². The highest BCUT2D eigenvalue weighted by atomic mass is 16.5. The predicted octanol–water partition coefficient (Wildman–Crippen LogP) is 4.63. The number of carboxylic acid groups (broad SMARTS) is 1. The number of hydrogen-bond acceptors (Lipinski definition) is 4. The molecule has 0 spiro atoms. The third-order valence-electron chi connectivity index (χ3n) is 7.02. The molecule has 0 bridgehead atoms. The zero-order valence-electron chi connectivity index (χ0n) is 21.3. The van der Waals surface area contributed by atoms with Crippen LogP contribution in [0.3, 0.4) is 0 Å². The van der Waals surface area contributed by atoms with Crippen molar-refractivity contribution >= 4 is 16.9 Å². The maximum atomic E-state index is 11.5. The molecule has 2 rings (SSSR count). The molecule has 33 heavy (non-hydrogen) atoms. The molecule has 0 fully saturated rings. The maximum absolute atomic E-state index is 11.5. The lowest BCUT2D eigenvalue weighted by molar-refractivity contribution is -0.144. The largest absolute Gasteiger partial charge is 0.481 e. The number of benzene rings is 1. The van der Waals surface area contributed by atoms with Crippen molar-refractivity contribution in [2.24, 2.45) is 29.4 Å². The van der Waals surface area contributed by atoms with E-state index in [4.69, 9.17) is 10.5 Å². The van der Waals surface area contributed by atoms with Crippen LogP contribution in [0.1, 0.15) is 58.1 Å². The van der Waals surface area contributed by atoms with Crippen LogP contribution in [-0.2, 0) is 22.5 Å². The van der Waals surface area contributed by atoms with Gasteiger partial charge in [0, 0.05) is 43.4 Å². The molecule has 0 amide bonds. The first kappa shape index (κ1) is 27.4. The van der Waals surface area contributed by atoms with E-state index in [2.05, 4.69) is 49.7 Å². The summed E-state index contributed by atoms with van der Waals surface area (Å²) in [4.78, 5) is 11.5. The number of ether oxygens (including phenoxy) is 1. The van der Waals surface area contributed by atoms with Gasteiger partial charge in [0.15, 0.2) is 0 Å². The van der Waals surface area contributed by atoms with Crippen molar-refractivity contribution in [3.63, 3.8) is 0 Å². The SMILES string of the molecule is COCCCn1cc(C)c2ccc(C[C@@H](C[C@H](N)[C@@H](O)C[C@H](C(=O)O)C(C)C)C(C)C)cc21. The van der Waals surface area contributed by atoms with Gasteiger partial charge in [-0.05, 0) is 67.6 Å². The van der Waals surface area contributed by atoms with Gasteiger partial charge >= 0.3 is 5.97 Å². The standard InChI is InChI=1S/C27H44N2O4/c1-17(2)21(14-24(28)26(30)15-23(18(3)4)27(31)32)12-20-8-9-22-19(5)16-29(25(22)13-20)10-7-11-33-6/h8-9,13,16-18,21,23-24,26,30H,7,10-12,14-15,28H2,1-6H3,(H,31,32)/t21-,23-,24-,26-/m0/s1. The molecular formula is C27H44N2O4. The van der Waals surface area contributed by atoms with E-state index in [0.717, 1.165) is 26.0 Å². The number of fused-ring (bicyclic) bond motifs is 1. The van der Waals surface area contributed by atoms with Crippen LogP contribution in [0.15, 0.2) is 24.4 Å². The van der Waals surface area contributed by atoms with Gasteiger partial charge in [-0.25, -0.2) is 0 Å². The molecule has 186 valence electrons. The van der Waals surface area contributed by atoms with Gasteiger partial charge in [0.1, 0.15) is 0 Å². The van der Waals surface area contributed by atoms with Crippen molar-refractivity contribution in [3.05, 3.63) is 35.5 Å². The van der Waals surface area contributed by atoms with Crippen molar-refractivity contribution < 1.29 is 19.7 Å². The Bertz CT molecular complexity index is 890. The van der Waals surface area contributed by atoms with Crippen molar-refractivity contribution in [2.75, 3.05) is 13.7 Å². The smallest absolute Gasteiger partial charge is 0.306 e. The summed E-state index contributed by atoms with van der Waals surface area (Å²) in [6.45, 7) is 11.9. The van der Waals surface area contributed by atoms with E-state index >= 15 is 0 Å². The molecule has 1 aromatic heterocycles. The number of nitrogens with zero attached hydrogens (tertiary/aromatic N) is 1. The number of aliphatic hydroxyl groups is 1. The topological polar surface area (TPSA) is 97.7 Å². The van der Waals surface area contributed by atoms with Gasteiger partial charge in [-0.3, -0.25) is 4.79 Å². The monoisotopic (exact) mass is 460 g/mol. The number of aromatic nitrogens is 1. The summed E-state index contributed by atoms with van der Waals surface area (Å²) in [5, 5.41) is 21.4. The lowest BCUT2D eigenvalue weighted by Gasteiger charge is -2.29. The summed E-state index contributed by atoms with van der Waals surface area (Å²) in [6.07, 6.45) is 4.10. The number of rotatable bonds is 14. The van der Waals surface area contributed by atoms with E-state index < -0.39 is 24.0 Å². The van der Waals surface area contributed by atoms with E-state index in [-0.39, 0.29) is 12.3 Å². The lowest BCUT2D eigenvalue weighted by atomic mass is 9.81. The Morgan fingerprint density at radius 1 is 1.15 bits per heavy atom. The van der Waals surface area contributed by atoms with Crippen molar-refractivity contribution in [1.29, 1.82) is 0 Å². The number of nitrogens with two attached hydrogens (primary N) is 1. The first-order valence-corrected chi connectivity index (χ1v) is 12.3. The Balaban J connectivity index is 2.13. The van der Waals surface area contributed by atoms with Crippen LogP contribution in [0.2, 0.25) is 0 Å². The summed E-state index contributed by atoms with van der Waals surface area (Å²) >= 11 is 0. The minimum absolute atomic E-state index is 0.0411. The molecular weight excluding hydrogens is 416 g/mol. The number of carbonyl (C=O) groups is 1. The number of carboxylic acids is 1. The third kappa shape index (κ3) is 7.56. The van der Waals surface area contributed by atoms with Crippen LogP contribution in [0.25, 0.3) is 10.9 Å². The molecule has 0 aliphatic carbocycles. The van der Waals surface area contributed by atoms with Gasteiger partial charge < -0.3 is 25.3 Å². The second-order valence-corrected chi connectivity index (χ2v) is 10.3. The van der Waals surface area contributed by atoms with E-state index in [0.29, 0.717) is 18.3 Å². The van der Waals surface area contributed by atoms with E-state index in [1.54, 1.807) is 7.11 Å². The minimum Gasteiger partial charge on any atom is -0.481 e. The van der Waals surface area contributed by atoms with Gasteiger partial charge in [0.25, 0.3) is 0 Å². The summed E-state index contributed by atoms with van der Waals surface area (Å²) < 4.78 is 7.52. The molecule has 6 heteroatoms. The summed E-state index contributed by atoms with van der Waals surface area (Å²) in [5.74, 6) is -0.795. The molecule has 0 saturated carbocycles. The van der Waals surface area contributed by atoms with Crippen LogP contribution >= 0.6 is 0 Å². The van der Waals surface area contributed by atoms with Gasteiger partial charge in [-0.2, -0.15) is 0 Å². The van der Waals surface area contributed by atoms with Gasteiger partial charge in [0.05, 0.1) is 12.0 Å². The number of hydrogen-bond donors (Lipinski definition) is 3. The Morgan fingerprint density at radius 2 is 1.85 bits per heavy atom. The van der Waals surface area contributed by atoms with E-state index in [1.165, 1.54) is 22.0 Å². The average molecular weight is 461 g/mol. The summed E-state index contributed by atoms with van der Waals surface area (Å²) in [6, 6.07) is 6.25. The molecule has 0 saturated heterocycles. The molecule has 1 aromatic carbocycles. The zero-order chi connectivity index (χ0) is 24.7. The van der Waals surface area contributed by atoms with Crippen molar-refractivity contribution in [1.82, 2.24) is 4.57 Å². The Hall–Kier alpha value is -1.89. The second-order valence-electron chi connectivity index (χ2n) is 10.3.